The fraction of sp³-hybridized carbons (Fsp3) is 0.316. The van der Waals surface area contributed by atoms with Gasteiger partial charge in [-0.05, 0) is 36.2 Å². The molecular formula is C19H23NO3. The van der Waals surface area contributed by atoms with E-state index in [1.807, 2.05) is 36.4 Å². The molecule has 0 atom stereocenters. The summed E-state index contributed by atoms with van der Waals surface area (Å²) in [6, 6.07) is 14.9. The van der Waals surface area contributed by atoms with E-state index in [1.165, 1.54) is 0 Å². The maximum atomic E-state index is 12.0. The lowest BCUT2D eigenvalue weighted by molar-refractivity contribution is 0.0951. The summed E-state index contributed by atoms with van der Waals surface area (Å²) in [5.74, 6) is 1.33. The van der Waals surface area contributed by atoms with Gasteiger partial charge in [0.1, 0.15) is 0 Å². The molecule has 0 heterocycles. The summed E-state index contributed by atoms with van der Waals surface area (Å²) in [7, 11) is 1.62. The predicted molar refractivity (Wildman–Crippen MR) is 91.0 cm³/mol. The number of hydrogen-bond donors (Lipinski definition) is 1. The van der Waals surface area contributed by atoms with Crippen LogP contribution in [0, 0.1) is 0 Å². The summed E-state index contributed by atoms with van der Waals surface area (Å²) in [5, 5.41) is 2.90. The van der Waals surface area contributed by atoms with Gasteiger partial charge in [-0.3, -0.25) is 4.79 Å². The number of methoxy groups -OCH3 is 1. The summed E-state index contributed by atoms with van der Waals surface area (Å²) < 4.78 is 11.1. The van der Waals surface area contributed by atoms with Gasteiger partial charge in [-0.1, -0.05) is 37.6 Å². The fourth-order valence-corrected chi connectivity index (χ4v) is 2.14. The van der Waals surface area contributed by atoms with E-state index in [4.69, 9.17) is 9.47 Å². The van der Waals surface area contributed by atoms with Crippen molar-refractivity contribution in [2.24, 2.45) is 0 Å². The van der Waals surface area contributed by atoms with E-state index < -0.39 is 0 Å². The molecule has 0 saturated carbocycles. The van der Waals surface area contributed by atoms with Gasteiger partial charge in [-0.15, -0.1) is 0 Å². The largest absolute Gasteiger partial charge is 0.493 e. The van der Waals surface area contributed by atoms with Crippen molar-refractivity contribution >= 4 is 5.91 Å². The molecule has 0 radical (unpaired) electrons. The molecule has 0 aromatic heterocycles. The molecule has 0 unspecified atom stereocenters. The van der Waals surface area contributed by atoms with Crippen LogP contribution in [0.15, 0.2) is 48.5 Å². The molecule has 0 aliphatic rings. The van der Waals surface area contributed by atoms with Crippen molar-refractivity contribution in [1.82, 2.24) is 5.32 Å². The Kier molecular flexibility index (Phi) is 6.48. The van der Waals surface area contributed by atoms with Crippen LogP contribution in [0.5, 0.6) is 11.5 Å². The molecule has 4 nitrogen and oxygen atoms in total. The summed E-state index contributed by atoms with van der Waals surface area (Å²) in [4.78, 5) is 12.0. The highest BCUT2D eigenvalue weighted by Gasteiger charge is 2.08. The van der Waals surface area contributed by atoms with E-state index in [1.54, 1.807) is 19.2 Å². The fourth-order valence-electron chi connectivity index (χ4n) is 2.14. The molecule has 1 amide bonds. The van der Waals surface area contributed by atoms with Crippen LogP contribution in [0.4, 0.5) is 0 Å². The predicted octanol–water partition coefficient (Wildman–Crippen LogP) is 3.80. The first-order chi connectivity index (χ1) is 11.2. The smallest absolute Gasteiger partial charge is 0.251 e. The number of amides is 1. The van der Waals surface area contributed by atoms with Crippen LogP contribution in [0.2, 0.25) is 0 Å². The highest BCUT2D eigenvalue weighted by molar-refractivity contribution is 5.94. The molecule has 0 aliphatic carbocycles. The lowest BCUT2D eigenvalue weighted by Crippen LogP contribution is -2.22. The summed E-state index contributed by atoms with van der Waals surface area (Å²) in [5.41, 5.74) is 1.62. The summed E-state index contributed by atoms with van der Waals surface area (Å²) >= 11 is 0. The van der Waals surface area contributed by atoms with Crippen LogP contribution < -0.4 is 14.8 Å². The Morgan fingerprint density at radius 3 is 2.57 bits per heavy atom. The Bertz CT molecular complexity index is 626. The van der Waals surface area contributed by atoms with E-state index in [0.717, 1.165) is 24.2 Å². The Balaban J connectivity index is 1.96. The third-order valence-corrected chi connectivity index (χ3v) is 3.47. The zero-order chi connectivity index (χ0) is 16.5. The Morgan fingerprint density at radius 2 is 1.87 bits per heavy atom. The number of nitrogens with one attached hydrogen (secondary N) is 1. The number of hydrogen-bond acceptors (Lipinski definition) is 3. The van der Waals surface area contributed by atoms with Gasteiger partial charge in [0.25, 0.3) is 5.91 Å². The van der Waals surface area contributed by atoms with Crippen molar-refractivity contribution in [3.8, 4) is 11.5 Å². The Morgan fingerprint density at radius 1 is 1.09 bits per heavy atom. The van der Waals surface area contributed by atoms with Gasteiger partial charge in [0.2, 0.25) is 0 Å². The van der Waals surface area contributed by atoms with E-state index in [-0.39, 0.29) is 5.91 Å². The van der Waals surface area contributed by atoms with Gasteiger partial charge in [0.15, 0.2) is 11.5 Å². The van der Waals surface area contributed by atoms with Crippen molar-refractivity contribution < 1.29 is 14.3 Å². The molecule has 23 heavy (non-hydrogen) atoms. The van der Waals surface area contributed by atoms with Crippen LogP contribution in [-0.2, 0) is 6.54 Å². The van der Waals surface area contributed by atoms with Crippen molar-refractivity contribution in [2.45, 2.75) is 26.3 Å². The van der Waals surface area contributed by atoms with Crippen molar-refractivity contribution in [3.63, 3.8) is 0 Å². The molecule has 4 heteroatoms. The van der Waals surface area contributed by atoms with Crippen LogP contribution >= 0.6 is 0 Å². The minimum Gasteiger partial charge on any atom is -0.493 e. The topological polar surface area (TPSA) is 47.6 Å². The van der Waals surface area contributed by atoms with E-state index >= 15 is 0 Å². The monoisotopic (exact) mass is 313 g/mol. The molecule has 1 N–H and O–H groups in total. The zero-order valence-corrected chi connectivity index (χ0v) is 13.7. The lowest BCUT2D eigenvalue weighted by atomic mass is 10.1. The van der Waals surface area contributed by atoms with Crippen molar-refractivity contribution in [3.05, 3.63) is 59.7 Å². The van der Waals surface area contributed by atoms with E-state index in [9.17, 15) is 4.79 Å². The molecule has 0 fully saturated rings. The first kappa shape index (κ1) is 16.9. The third kappa shape index (κ3) is 5.02. The van der Waals surface area contributed by atoms with Crippen LogP contribution in [-0.4, -0.2) is 19.6 Å². The second-order valence-corrected chi connectivity index (χ2v) is 5.24. The maximum absolute atomic E-state index is 12.0. The molecule has 2 rings (SSSR count). The normalized spacial score (nSPS) is 10.2. The highest BCUT2D eigenvalue weighted by Crippen LogP contribution is 2.28. The molecule has 2 aromatic carbocycles. The minimum absolute atomic E-state index is 0.0900. The maximum Gasteiger partial charge on any atom is 0.251 e. The first-order valence-corrected chi connectivity index (χ1v) is 7.87. The number of rotatable bonds is 8. The number of ether oxygens (including phenoxy) is 2. The van der Waals surface area contributed by atoms with Gasteiger partial charge >= 0.3 is 0 Å². The molecule has 0 aliphatic heterocycles. The van der Waals surface area contributed by atoms with Gasteiger partial charge in [-0.25, -0.2) is 0 Å². The molecule has 0 saturated heterocycles. The zero-order valence-electron chi connectivity index (χ0n) is 13.7. The molecule has 0 bridgehead atoms. The van der Waals surface area contributed by atoms with Crippen molar-refractivity contribution in [1.29, 1.82) is 0 Å². The highest BCUT2D eigenvalue weighted by atomic mass is 16.5. The summed E-state index contributed by atoms with van der Waals surface area (Å²) in [6.45, 7) is 3.25. The average molecular weight is 313 g/mol. The third-order valence-electron chi connectivity index (χ3n) is 3.47. The van der Waals surface area contributed by atoms with Gasteiger partial charge < -0.3 is 14.8 Å². The Hall–Kier alpha value is -2.49. The van der Waals surface area contributed by atoms with E-state index in [0.29, 0.717) is 24.5 Å². The molecule has 0 spiro atoms. The van der Waals surface area contributed by atoms with Gasteiger partial charge in [-0.2, -0.15) is 0 Å². The molecule has 2 aromatic rings. The van der Waals surface area contributed by atoms with Gasteiger partial charge in [0, 0.05) is 12.1 Å². The second-order valence-electron chi connectivity index (χ2n) is 5.24. The number of benzene rings is 2. The SMILES string of the molecule is CCCCOc1ccc(CNC(=O)c2ccccc2)cc1OC. The second kappa shape index (κ2) is 8.83. The van der Waals surface area contributed by atoms with Crippen LogP contribution in [0.1, 0.15) is 35.7 Å². The standard InChI is InChI=1S/C19H23NO3/c1-3-4-12-23-17-11-10-15(13-18(17)22-2)14-20-19(21)16-8-6-5-7-9-16/h5-11,13H,3-4,12,14H2,1-2H3,(H,20,21). The number of carbonyl (C=O) groups is 1. The minimum atomic E-state index is -0.0900. The van der Waals surface area contributed by atoms with Crippen molar-refractivity contribution in [2.75, 3.05) is 13.7 Å². The quantitative estimate of drug-likeness (QED) is 0.754. The number of unbranched alkanes of at least 4 members (excludes halogenated alkanes) is 1. The Labute approximate surface area is 137 Å². The summed E-state index contributed by atoms with van der Waals surface area (Å²) in [6.07, 6.45) is 2.10. The molecular weight excluding hydrogens is 290 g/mol. The van der Waals surface area contributed by atoms with Crippen LogP contribution in [0.3, 0.4) is 0 Å². The number of carbonyl (C=O) groups excluding carboxylic acids is 1. The van der Waals surface area contributed by atoms with E-state index in [2.05, 4.69) is 12.2 Å². The molecule has 122 valence electrons. The van der Waals surface area contributed by atoms with Gasteiger partial charge in [0.05, 0.1) is 13.7 Å². The lowest BCUT2D eigenvalue weighted by Gasteiger charge is -2.12. The first-order valence-electron chi connectivity index (χ1n) is 7.87. The van der Waals surface area contributed by atoms with Crippen LogP contribution in [0.25, 0.3) is 0 Å². The average Bonchev–Trinajstić information content (AvgIpc) is 2.61.